The Balaban J connectivity index is 1.16. The van der Waals surface area contributed by atoms with Gasteiger partial charge in [-0.05, 0) is 63.0 Å². The molecule has 0 aliphatic heterocycles. The number of hydrogen-bond donors (Lipinski definition) is 0. The predicted octanol–water partition coefficient (Wildman–Crippen LogP) is 12.6. The SMILES string of the molecule is c1ccc(-c2nc(-c3ccccc3)nc(-c3cccc(-c4nc5ccccc5c5cc6c(cc45)-c4ccccc4C6(c4ccccc4)c4ccccc4)c3)n2)cc1. The lowest BCUT2D eigenvalue weighted by Gasteiger charge is -2.34. The van der Waals surface area contributed by atoms with Crippen molar-refractivity contribution >= 4 is 21.7 Å². The molecule has 11 rings (SSSR count). The highest BCUT2D eigenvalue weighted by atomic mass is 15.0. The first kappa shape index (κ1) is 32.8. The van der Waals surface area contributed by atoms with Gasteiger partial charge in [0.1, 0.15) is 0 Å². The fourth-order valence-corrected chi connectivity index (χ4v) is 8.85. The van der Waals surface area contributed by atoms with Crippen molar-refractivity contribution < 1.29 is 0 Å². The molecule has 8 aromatic carbocycles. The van der Waals surface area contributed by atoms with E-state index in [4.69, 9.17) is 19.9 Å². The third-order valence-electron chi connectivity index (χ3n) is 11.4. The summed E-state index contributed by atoms with van der Waals surface area (Å²) >= 11 is 0. The van der Waals surface area contributed by atoms with E-state index in [0.29, 0.717) is 17.5 Å². The van der Waals surface area contributed by atoms with Gasteiger partial charge in [0.2, 0.25) is 0 Å². The Morgan fingerprint density at radius 1 is 0.298 bits per heavy atom. The number of hydrogen-bond acceptors (Lipinski definition) is 4. The van der Waals surface area contributed by atoms with Crippen LogP contribution in [0.5, 0.6) is 0 Å². The lowest BCUT2D eigenvalue weighted by Crippen LogP contribution is -2.28. The Kier molecular flexibility index (Phi) is 7.68. The second-order valence-electron chi connectivity index (χ2n) is 14.6. The van der Waals surface area contributed by atoms with Gasteiger partial charge in [0, 0.05) is 33.0 Å². The summed E-state index contributed by atoms with van der Waals surface area (Å²) in [6, 6.07) is 72.9. The third kappa shape index (κ3) is 5.30. The lowest BCUT2D eigenvalue weighted by atomic mass is 9.67. The molecule has 0 amide bonds. The Morgan fingerprint density at radius 2 is 0.807 bits per heavy atom. The van der Waals surface area contributed by atoms with Gasteiger partial charge in [-0.3, -0.25) is 0 Å². The van der Waals surface area contributed by atoms with Crippen molar-refractivity contribution in [1.82, 2.24) is 19.9 Å². The molecule has 266 valence electrons. The largest absolute Gasteiger partial charge is 0.247 e. The number of fused-ring (bicyclic) bond motifs is 6. The minimum Gasteiger partial charge on any atom is -0.247 e. The molecule has 0 fully saturated rings. The second kappa shape index (κ2) is 13.3. The Bertz CT molecular complexity index is 3010. The molecule has 57 heavy (non-hydrogen) atoms. The highest BCUT2D eigenvalue weighted by molar-refractivity contribution is 6.13. The number of para-hydroxylation sites is 1. The molecule has 0 N–H and O–H groups in total. The van der Waals surface area contributed by atoms with Crippen LogP contribution in [-0.2, 0) is 5.41 Å². The zero-order valence-corrected chi connectivity index (χ0v) is 30.9. The molecule has 0 saturated carbocycles. The number of aromatic nitrogens is 4. The summed E-state index contributed by atoms with van der Waals surface area (Å²) in [4.78, 5) is 20.4. The second-order valence-corrected chi connectivity index (χ2v) is 14.6. The normalized spacial score (nSPS) is 12.7. The highest BCUT2D eigenvalue weighted by Gasteiger charge is 2.46. The molecule has 4 heteroatoms. The van der Waals surface area contributed by atoms with Gasteiger partial charge in [-0.25, -0.2) is 19.9 Å². The quantitative estimate of drug-likeness (QED) is 0.160. The number of nitrogens with zero attached hydrogens (tertiary/aromatic N) is 4. The fraction of sp³-hybridized carbons (Fsp3) is 0.0189. The van der Waals surface area contributed by atoms with E-state index in [1.807, 2.05) is 60.7 Å². The van der Waals surface area contributed by atoms with Crippen molar-refractivity contribution in [1.29, 1.82) is 0 Å². The van der Waals surface area contributed by atoms with Crippen molar-refractivity contribution in [2.75, 3.05) is 0 Å². The molecule has 0 radical (unpaired) electrons. The summed E-state index contributed by atoms with van der Waals surface area (Å²) < 4.78 is 0. The average Bonchev–Trinajstić information content (AvgIpc) is 3.59. The zero-order chi connectivity index (χ0) is 37.8. The van der Waals surface area contributed by atoms with Gasteiger partial charge >= 0.3 is 0 Å². The van der Waals surface area contributed by atoms with E-state index >= 15 is 0 Å². The Morgan fingerprint density at radius 3 is 1.46 bits per heavy atom. The van der Waals surface area contributed by atoms with Gasteiger partial charge in [0.15, 0.2) is 17.5 Å². The highest BCUT2D eigenvalue weighted by Crippen LogP contribution is 2.57. The van der Waals surface area contributed by atoms with Crippen LogP contribution in [-0.4, -0.2) is 19.9 Å². The standard InChI is InChI=1S/C53H34N4/c1-5-18-35(19-6-1)50-55-51(36-20-7-2-8-21-36)57-52(56-50)38-23-17-22-37(32-38)49-45-33-44-41-28-13-15-30-46(41)53(39-24-9-3-10-25-39,40-26-11-4-12-27-40)47(44)34-43(45)42-29-14-16-31-48(42)54-49/h1-34H. The minimum atomic E-state index is -0.501. The van der Waals surface area contributed by atoms with E-state index in [1.54, 1.807) is 0 Å². The van der Waals surface area contributed by atoms with Crippen LogP contribution in [0.1, 0.15) is 22.3 Å². The summed E-state index contributed by atoms with van der Waals surface area (Å²) in [7, 11) is 0. The summed E-state index contributed by atoms with van der Waals surface area (Å²) in [5.41, 5.74) is 12.6. The molecule has 4 nitrogen and oxygen atoms in total. The Labute approximate surface area is 330 Å². The number of pyridine rings is 1. The molecule has 1 aliphatic carbocycles. The molecule has 0 atom stereocenters. The summed E-state index contributed by atoms with van der Waals surface area (Å²) in [6.45, 7) is 0. The van der Waals surface area contributed by atoms with E-state index in [9.17, 15) is 0 Å². The van der Waals surface area contributed by atoms with Gasteiger partial charge in [-0.15, -0.1) is 0 Å². The first-order chi connectivity index (χ1) is 28.3. The van der Waals surface area contributed by atoms with Crippen molar-refractivity contribution in [3.05, 3.63) is 229 Å². The molecule has 2 aromatic heterocycles. The molecule has 0 saturated heterocycles. The molecule has 10 aromatic rings. The molecular formula is C53H34N4. The third-order valence-corrected chi connectivity index (χ3v) is 11.4. The smallest absolute Gasteiger partial charge is 0.164 e. The van der Waals surface area contributed by atoms with Gasteiger partial charge in [0.05, 0.1) is 16.6 Å². The first-order valence-electron chi connectivity index (χ1n) is 19.3. The lowest BCUT2D eigenvalue weighted by molar-refractivity contribution is 0.769. The van der Waals surface area contributed by atoms with Crippen molar-refractivity contribution in [2.45, 2.75) is 5.41 Å². The fourth-order valence-electron chi connectivity index (χ4n) is 8.85. The average molecular weight is 727 g/mol. The summed E-state index contributed by atoms with van der Waals surface area (Å²) in [5, 5.41) is 3.39. The maximum Gasteiger partial charge on any atom is 0.164 e. The van der Waals surface area contributed by atoms with E-state index in [-0.39, 0.29) is 0 Å². The van der Waals surface area contributed by atoms with Crippen molar-refractivity contribution in [2.24, 2.45) is 0 Å². The van der Waals surface area contributed by atoms with Crippen molar-refractivity contribution in [3.8, 4) is 56.5 Å². The molecule has 2 heterocycles. The van der Waals surface area contributed by atoms with Crippen LogP contribution < -0.4 is 0 Å². The van der Waals surface area contributed by atoms with Crippen LogP contribution in [0.4, 0.5) is 0 Å². The van der Waals surface area contributed by atoms with Gasteiger partial charge in [-0.2, -0.15) is 0 Å². The topological polar surface area (TPSA) is 51.6 Å². The van der Waals surface area contributed by atoms with Crippen LogP contribution in [0.3, 0.4) is 0 Å². The maximum absolute atomic E-state index is 5.42. The van der Waals surface area contributed by atoms with Gasteiger partial charge < -0.3 is 0 Å². The van der Waals surface area contributed by atoms with Crippen LogP contribution in [0, 0.1) is 0 Å². The van der Waals surface area contributed by atoms with Crippen LogP contribution >= 0.6 is 0 Å². The van der Waals surface area contributed by atoms with E-state index in [0.717, 1.165) is 44.2 Å². The van der Waals surface area contributed by atoms with E-state index < -0.39 is 5.41 Å². The van der Waals surface area contributed by atoms with Gasteiger partial charge in [-0.1, -0.05) is 182 Å². The number of benzene rings is 8. The first-order valence-corrected chi connectivity index (χ1v) is 19.3. The van der Waals surface area contributed by atoms with Crippen LogP contribution in [0.2, 0.25) is 0 Å². The minimum absolute atomic E-state index is 0.501. The van der Waals surface area contributed by atoms with Crippen LogP contribution in [0.25, 0.3) is 78.2 Å². The summed E-state index contributed by atoms with van der Waals surface area (Å²) in [5.74, 6) is 1.88. The van der Waals surface area contributed by atoms with Crippen LogP contribution in [0.15, 0.2) is 206 Å². The monoisotopic (exact) mass is 726 g/mol. The van der Waals surface area contributed by atoms with Crippen molar-refractivity contribution in [3.63, 3.8) is 0 Å². The van der Waals surface area contributed by atoms with Gasteiger partial charge in [0.25, 0.3) is 0 Å². The predicted molar refractivity (Wildman–Crippen MR) is 232 cm³/mol. The molecule has 0 bridgehead atoms. The zero-order valence-electron chi connectivity index (χ0n) is 30.9. The maximum atomic E-state index is 5.42. The molecular weight excluding hydrogens is 693 g/mol. The number of rotatable bonds is 6. The Hall–Kier alpha value is -7.56. The molecule has 0 unspecified atom stereocenters. The molecule has 1 aliphatic rings. The van der Waals surface area contributed by atoms with E-state index in [1.165, 1.54) is 38.8 Å². The summed E-state index contributed by atoms with van der Waals surface area (Å²) in [6.07, 6.45) is 0. The molecule has 0 spiro atoms. The van der Waals surface area contributed by atoms with E-state index in [2.05, 4.69) is 146 Å².